The van der Waals surface area contributed by atoms with Crippen LogP contribution in [0, 0.1) is 5.41 Å². The fourth-order valence-electron chi connectivity index (χ4n) is 3.19. The third-order valence-corrected chi connectivity index (χ3v) is 4.40. The molecule has 102 valence electrons. The fraction of sp³-hybridized carbons (Fsp3) is 0.923. The zero-order valence-corrected chi connectivity index (χ0v) is 11.1. The molecule has 0 unspecified atom stereocenters. The molecule has 3 saturated heterocycles. The van der Waals surface area contributed by atoms with Gasteiger partial charge in [-0.05, 0) is 26.3 Å². The maximum atomic E-state index is 12.1. The van der Waals surface area contributed by atoms with Crippen LogP contribution in [-0.4, -0.2) is 55.9 Å². The van der Waals surface area contributed by atoms with Crippen molar-refractivity contribution in [2.45, 2.75) is 31.7 Å². The first-order valence-corrected chi connectivity index (χ1v) is 6.97. The highest BCUT2D eigenvalue weighted by molar-refractivity contribution is 5.76. The average Bonchev–Trinajstić information content (AvgIpc) is 2.50. The van der Waals surface area contributed by atoms with E-state index in [1.54, 1.807) is 0 Å². The lowest BCUT2D eigenvalue weighted by atomic mass is 9.76. The molecular formula is C13H23N3O2. The number of carbonyl (C=O) groups excluding carboxylic acids is 1. The summed E-state index contributed by atoms with van der Waals surface area (Å²) in [6, 6.07) is 0.0793. The Bertz CT molecular complexity index is 325. The molecule has 0 atom stereocenters. The minimum absolute atomic E-state index is 0.0793. The van der Waals surface area contributed by atoms with Gasteiger partial charge in [0.2, 0.25) is 0 Å². The van der Waals surface area contributed by atoms with E-state index >= 15 is 0 Å². The average molecular weight is 253 g/mol. The first-order chi connectivity index (χ1) is 8.61. The van der Waals surface area contributed by atoms with Gasteiger partial charge in [-0.15, -0.1) is 0 Å². The Kier molecular flexibility index (Phi) is 2.98. The van der Waals surface area contributed by atoms with Gasteiger partial charge in [0.15, 0.2) is 0 Å². The fourth-order valence-corrected chi connectivity index (χ4v) is 3.19. The number of nitrogens with one attached hydrogen (secondary N) is 2. The molecule has 5 heteroatoms. The Morgan fingerprint density at radius 3 is 2.78 bits per heavy atom. The molecule has 0 aromatic heterocycles. The monoisotopic (exact) mass is 253 g/mol. The van der Waals surface area contributed by atoms with Gasteiger partial charge in [0.25, 0.3) is 0 Å². The summed E-state index contributed by atoms with van der Waals surface area (Å²) in [7, 11) is 0. The predicted octanol–water partition coefficient (Wildman–Crippen LogP) is 0.560. The van der Waals surface area contributed by atoms with Gasteiger partial charge in [-0.25, -0.2) is 4.79 Å². The van der Waals surface area contributed by atoms with Crippen molar-refractivity contribution in [1.82, 2.24) is 15.5 Å². The molecule has 3 aliphatic rings. The van der Waals surface area contributed by atoms with Crippen LogP contribution in [0.3, 0.4) is 0 Å². The Hall–Kier alpha value is -0.810. The van der Waals surface area contributed by atoms with Crippen LogP contribution in [0.4, 0.5) is 4.79 Å². The third-order valence-electron chi connectivity index (χ3n) is 4.40. The quantitative estimate of drug-likeness (QED) is 0.718. The molecule has 3 rings (SSSR count). The molecule has 0 aliphatic carbocycles. The zero-order valence-electron chi connectivity index (χ0n) is 11.1. The Morgan fingerprint density at radius 1 is 1.33 bits per heavy atom. The minimum Gasteiger partial charge on any atom is -0.376 e. The van der Waals surface area contributed by atoms with E-state index in [0.717, 1.165) is 26.2 Å². The molecule has 2 N–H and O–H groups in total. The zero-order chi connectivity index (χ0) is 12.6. The number of carbonyl (C=O) groups is 1. The normalized spacial score (nSPS) is 29.1. The van der Waals surface area contributed by atoms with E-state index in [1.807, 2.05) is 11.8 Å². The lowest BCUT2D eigenvalue weighted by molar-refractivity contribution is -0.0636. The topological polar surface area (TPSA) is 53.6 Å². The number of hydrogen-bond donors (Lipinski definition) is 2. The van der Waals surface area contributed by atoms with E-state index in [9.17, 15) is 4.79 Å². The van der Waals surface area contributed by atoms with Crippen LogP contribution in [0.2, 0.25) is 0 Å². The van der Waals surface area contributed by atoms with E-state index in [2.05, 4.69) is 10.6 Å². The van der Waals surface area contributed by atoms with Crippen molar-refractivity contribution in [3.8, 4) is 0 Å². The predicted molar refractivity (Wildman–Crippen MR) is 68.5 cm³/mol. The molecule has 0 saturated carbocycles. The van der Waals surface area contributed by atoms with Crippen molar-refractivity contribution in [1.29, 1.82) is 0 Å². The number of amides is 2. The van der Waals surface area contributed by atoms with Crippen LogP contribution in [0.15, 0.2) is 0 Å². The highest BCUT2D eigenvalue weighted by atomic mass is 16.5. The molecule has 0 aromatic carbocycles. The number of rotatable bonds is 1. The van der Waals surface area contributed by atoms with E-state index in [0.29, 0.717) is 18.6 Å². The van der Waals surface area contributed by atoms with Crippen LogP contribution < -0.4 is 10.6 Å². The van der Waals surface area contributed by atoms with Crippen molar-refractivity contribution >= 4 is 6.03 Å². The first kappa shape index (κ1) is 12.2. The van der Waals surface area contributed by atoms with Crippen molar-refractivity contribution < 1.29 is 9.53 Å². The Morgan fingerprint density at radius 2 is 2.11 bits per heavy atom. The standard InChI is InChI=1S/C13H23N3O2/c1-12(9-18-10-12)15-11(17)16-7-13(8-16)4-2-3-5-14-6-13/h14H,2-10H2,1H3,(H,15,17). The molecular weight excluding hydrogens is 230 g/mol. The number of urea groups is 1. The molecule has 2 amide bonds. The minimum atomic E-state index is -0.137. The van der Waals surface area contributed by atoms with Crippen LogP contribution in [0.25, 0.3) is 0 Å². The molecule has 3 aliphatic heterocycles. The molecule has 0 aromatic rings. The summed E-state index contributed by atoms with van der Waals surface area (Å²) in [5, 5.41) is 6.57. The number of ether oxygens (including phenoxy) is 1. The summed E-state index contributed by atoms with van der Waals surface area (Å²) >= 11 is 0. The molecule has 0 bridgehead atoms. The van der Waals surface area contributed by atoms with Gasteiger partial charge in [0.1, 0.15) is 0 Å². The van der Waals surface area contributed by atoms with Crippen molar-refractivity contribution in [2.24, 2.45) is 5.41 Å². The molecule has 1 spiro atoms. The molecule has 18 heavy (non-hydrogen) atoms. The van der Waals surface area contributed by atoms with E-state index in [4.69, 9.17) is 4.74 Å². The summed E-state index contributed by atoms with van der Waals surface area (Å²) in [6.07, 6.45) is 3.81. The lowest BCUT2D eigenvalue weighted by Gasteiger charge is -2.51. The second kappa shape index (κ2) is 4.38. The largest absolute Gasteiger partial charge is 0.376 e. The summed E-state index contributed by atoms with van der Waals surface area (Å²) in [4.78, 5) is 14.0. The van der Waals surface area contributed by atoms with Crippen molar-refractivity contribution in [3.63, 3.8) is 0 Å². The Balaban J connectivity index is 1.50. The van der Waals surface area contributed by atoms with Crippen LogP contribution in [0.1, 0.15) is 26.2 Å². The van der Waals surface area contributed by atoms with Crippen molar-refractivity contribution in [2.75, 3.05) is 39.4 Å². The van der Waals surface area contributed by atoms with E-state index < -0.39 is 0 Å². The lowest BCUT2D eigenvalue weighted by Crippen LogP contribution is -2.68. The van der Waals surface area contributed by atoms with Crippen LogP contribution >= 0.6 is 0 Å². The van der Waals surface area contributed by atoms with Gasteiger partial charge < -0.3 is 20.3 Å². The summed E-state index contributed by atoms with van der Waals surface area (Å²) in [5.41, 5.74) is 0.215. The highest BCUT2D eigenvalue weighted by Crippen LogP contribution is 2.36. The molecule has 5 nitrogen and oxygen atoms in total. The maximum absolute atomic E-state index is 12.1. The number of nitrogens with zero attached hydrogens (tertiary/aromatic N) is 1. The SMILES string of the molecule is CC1(NC(=O)N2CC3(CCCCNC3)C2)COC1. The second-order valence-electron chi connectivity index (χ2n) is 6.47. The highest BCUT2D eigenvalue weighted by Gasteiger charge is 2.46. The van der Waals surface area contributed by atoms with Gasteiger partial charge in [-0.1, -0.05) is 6.42 Å². The Labute approximate surface area is 108 Å². The van der Waals surface area contributed by atoms with E-state index in [-0.39, 0.29) is 11.6 Å². The van der Waals surface area contributed by atoms with E-state index in [1.165, 1.54) is 19.3 Å². The van der Waals surface area contributed by atoms with Crippen LogP contribution in [0.5, 0.6) is 0 Å². The summed E-state index contributed by atoms with van der Waals surface area (Å²) in [6.45, 7) is 7.32. The maximum Gasteiger partial charge on any atom is 0.318 e. The van der Waals surface area contributed by atoms with Crippen LogP contribution in [-0.2, 0) is 4.74 Å². The van der Waals surface area contributed by atoms with Gasteiger partial charge >= 0.3 is 6.03 Å². The van der Waals surface area contributed by atoms with Gasteiger partial charge in [0, 0.05) is 25.0 Å². The second-order valence-corrected chi connectivity index (χ2v) is 6.47. The third kappa shape index (κ3) is 2.21. The summed E-state index contributed by atoms with van der Waals surface area (Å²) < 4.78 is 5.15. The smallest absolute Gasteiger partial charge is 0.318 e. The molecule has 3 fully saturated rings. The van der Waals surface area contributed by atoms with Crippen molar-refractivity contribution in [3.05, 3.63) is 0 Å². The summed E-state index contributed by atoms with van der Waals surface area (Å²) in [5.74, 6) is 0. The molecule has 0 radical (unpaired) electrons. The molecule has 3 heterocycles. The van der Waals surface area contributed by atoms with Gasteiger partial charge in [-0.2, -0.15) is 0 Å². The van der Waals surface area contributed by atoms with Gasteiger partial charge in [0.05, 0.1) is 18.8 Å². The first-order valence-electron chi connectivity index (χ1n) is 6.97. The number of likely N-dealkylation sites (tertiary alicyclic amines) is 1. The van der Waals surface area contributed by atoms with Gasteiger partial charge in [-0.3, -0.25) is 0 Å². The number of hydrogen-bond acceptors (Lipinski definition) is 3.